The van der Waals surface area contributed by atoms with E-state index in [1.54, 1.807) is 12.1 Å². The third-order valence-electron chi connectivity index (χ3n) is 7.12. The summed E-state index contributed by atoms with van der Waals surface area (Å²) < 4.78 is 36.1. The van der Waals surface area contributed by atoms with E-state index in [1.165, 1.54) is 23.9 Å². The molecule has 0 aliphatic carbocycles. The number of carbonyl (C=O) groups is 1. The molecule has 3 aromatic rings. The highest BCUT2D eigenvalue weighted by molar-refractivity contribution is 7.89. The Bertz CT molecular complexity index is 1370. The summed E-state index contributed by atoms with van der Waals surface area (Å²) in [4.78, 5) is 17.9. The van der Waals surface area contributed by atoms with E-state index in [4.69, 9.17) is 9.72 Å². The van der Waals surface area contributed by atoms with Gasteiger partial charge in [0.2, 0.25) is 10.0 Å². The predicted molar refractivity (Wildman–Crippen MR) is 135 cm³/mol. The summed E-state index contributed by atoms with van der Waals surface area (Å²) >= 11 is 0. The zero-order valence-corrected chi connectivity index (χ0v) is 21.1. The highest BCUT2D eigenvalue weighted by Gasteiger charge is 2.33. The molecule has 186 valence electrons. The Morgan fingerprint density at radius 1 is 1.06 bits per heavy atom. The molecule has 0 bridgehead atoms. The van der Waals surface area contributed by atoms with Crippen molar-refractivity contribution in [3.63, 3.8) is 0 Å². The molecular weight excluding hydrogens is 464 g/mol. The van der Waals surface area contributed by atoms with Crippen LogP contribution in [0.25, 0.3) is 11.0 Å². The van der Waals surface area contributed by atoms with Gasteiger partial charge in [-0.2, -0.15) is 4.31 Å². The molecule has 35 heavy (non-hydrogen) atoms. The van der Waals surface area contributed by atoms with Crippen LogP contribution in [0.2, 0.25) is 0 Å². The predicted octanol–water partition coefficient (Wildman–Crippen LogP) is 4.59. The van der Waals surface area contributed by atoms with Gasteiger partial charge in [-0.3, -0.25) is 4.79 Å². The standard InChI is InChI=1S/C26H32N4O4S/c1-18-8-5-7-15-30(18)35(32,33)24-16-19(10-13-23(24)34-2)26(31)27-20-11-12-22-21(17-20)28-25-9-4-3-6-14-29(22)25/h10-13,16-18H,3-9,14-15H2,1-2H3,(H,27,31). The van der Waals surface area contributed by atoms with E-state index < -0.39 is 10.0 Å². The molecule has 1 saturated heterocycles. The van der Waals surface area contributed by atoms with Gasteiger partial charge in [0.1, 0.15) is 16.5 Å². The van der Waals surface area contributed by atoms with Gasteiger partial charge in [-0.15, -0.1) is 0 Å². The van der Waals surface area contributed by atoms with E-state index in [1.807, 2.05) is 25.1 Å². The van der Waals surface area contributed by atoms with Crippen LogP contribution >= 0.6 is 0 Å². The van der Waals surface area contributed by atoms with Gasteiger partial charge in [0.15, 0.2) is 0 Å². The van der Waals surface area contributed by atoms with Crippen LogP contribution in [0, 0.1) is 0 Å². The highest BCUT2D eigenvalue weighted by atomic mass is 32.2. The number of sulfonamides is 1. The number of amides is 1. The van der Waals surface area contributed by atoms with Gasteiger partial charge < -0.3 is 14.6 Å². The van der Waals surface area contributed by atoms with E-state index in [0.29, 0.717) is 12.2 Å². The molecule has 5 rings (SSSR count). The summed E-state index contributed by atoms with van der Waals surface area (Å²) in [5.74, 6) is 0.953. The quantitative estimate of drug-likeness (QED) is 0.558. The van der Waals surface area contributed by atoms with E-state index in [9.17, 15) is 13.2 Å². The number of hydrogen-bond acceptors (Lipinski definition) is 5. The molecule has 1 N–H and O–H groups in total. The molecule has 9 heteroatoms. The monoisotopic (exact) mass is 496 g/mol. The number of aromatic nitrogens is 2. The Morgan fingerprint density at radius 3 is 2.69 bits per heavy atom. The number of ether oxygens (including phenoxy) is 1. The molecular formula is C26H32N4O4S. The molecule has 2 aromatic carbocycles. The average molecular weight is 497 g/mol. The van der Waals surface area contributed by atoms with Crippen LogP contribution in [0.15, 0.2) is 41.3 Å². The van der Waals surface area contributed by atoms with Crippen LogP contribution in [0.1, 0.15) is 61.6 Å². The third kappa shape index (κ3) is 4.54. The van der Waals surface area contributed by atoms with E-state index in [0.717, 1.165) is 61.9 Å². The zero-order valence-electron chi connectivity index (χ0n) is 20.3. The summed E-state index contributed by atoms with van der Waals surface area (Å²) in [5.41, 5.74) is 2.82. The molecule has 1 aromatic heterocycles. The van der Waals surface area contributed by atoms with Crippen molar-refractivity contribution in [2.45, 2.75) is 69.4 Å². The molecule has 2 aliphatic rings. The first-order chi connectivity index (χ1) is 16.9. The van der Waals surface area contributed by atoms with Gasteiger partial charge in [0, 0.05) is 36.8 Å². The van der Waals surface area contributed by atoms with Gasteiger partial charge >= 0.3 is 0 Å². The Balaban J connectivity index is 1.42. The number of piperidine rings is 1. The minimum absolute atomic E-state index is 0.0229. The number of fused-ring (bicyclic) bond motifs is 3. The van der Waals surface area contributed by atoms with Gasteiger partial charge in [0.25, 0.3) is 5.91 Å². The number of methoxy groups -OCH3 is 1. The molecule has 1 amide bonds. The summed E-state index contributed by atoms with van der Waals surface area (Å²) in [7, 11) is -2.36. The van der Waals surface area contributed by atoms with Crippen molar-refractivity contribution >= 4 is 32.7 Å². The lowest BCUT2D eigenvalue weighted by Crippen LogP contribution is -2.42. The molecule has 0 spiro atoms. The minimum atomic E-state index is -3.80. The van der Waals surface area contributed by atoms with E-state index in [2.05, 4.69) is 9.88 Å². The van der Waals surface area contributed by atoms with Crippen LogP contribution < -0.4 is 10.1 Å². The summed E-state index contributed by atoms with van der Waals surface area (Å²) in [6.07, 6.45) is 7.14. The normalized spacial score (nSPS) is 19.2. The maximum Gasteiger partial charge on any atom is 0.255 e. The summed E-state index contributed by atoms with van der Waals surface area (Å²) in [5, 5.41) is 2.91. The number of nitrogens with zero attached hydrogens (tertiary/aromatic N) is 3. The second-order valence-electron chi connectivity index (χ2n) is 9.47. The van der Waals surface area contributed by atoms with Gasteiger partial charge in [-0.1, -0.05) is 12.8 Å². The van der Waals surface area contributed by atoms with Gasteiger partial charge in [0.05, 0.1) is 18.1 Å². The maximum absolute atomic E-state index is 13.5. The Morgan fingerprint density at radius 2 is 1.89 bits per heavy atom. The van der Waals surface area contributed by atoms with E-state index in [-0.39, 0.29) is 28.2 Å². The summed E-state index contributed by atoms with van der Waals surface area (Å²) in [6.45, 7) is 3.36. The highest BCUT2D eigenvalue weighted by Crippen LogP contribution is 2.32. The molecule has 3 heterocycles. The minimum Gasteiger partial charge on any atom is -0.495 e. The number of carbonyl (C=O) groups excluding carboxylic acids is 1. The van der Waals surface area contributed by atoms with Crippen molar-refractivity contribution in [3.8, 4) is 5.75 Å². The lowest BCUT2D eigenvalue weighted by Gasteiger charge is -2.32. The third-order valence-corrected chi connectivity index (χ3v) is 9.16. The number of imidazole rings is 1. The fourth-order valence-corrected chi connectivity index (χ4v) is 7.09. The SMILES string of the molecule is COc1ccc(C(=O)Nc2ccc3c(c2)nc2n3CCCCC2)cc1S(=O)(=O)N1CCCCC1C. The number of nitrogens with one attached hydrogen (secondary N) is 1. The topological polar surface area (TPSA) is 93.5 Å². The van der Waals surface area contributed by atoms with Crippen LogP contribution in [-0.4, -0.2) is 47.9 Å². The lowest BCUT2D eigenvalue weighted by atomic mass is 10.1. The second kappa shape index (κ2) is 9.62. The number of rotatable bonds is 5. The number of hydrogen-bond donors (Lipinski definition) is 1. The molecule has 2 aliphatic heterocycles. The number of anilines is 1. The molecule has 8 nitrogen and oxygen atoms in total. The lowest BCUT2D eigenvalue weighted by molar-refractivity contribution is 0.102. The van der Waals surface area contributed by atoms with Crippen molar-refractivity contribution in [1.82, 2.24) is 13.9 Å². The second-order valence-corrected chi connectivity index (χ2v) is 11.3. The fourth-order valence-electron chi connectivity index (χ4n) is 5.21. The van der Waals surface area contributed by atoms with Crippen LogP contribution in [0.4, 0.5) is 5.69 Å². The van der Waals surface area contributed by atoms with Crippen molar-refractivity contribution in [1.29, 1.82) is 0 Å². The maximum atomic E-state index is 13.5. The molecule has 0 saturated carbocycles. The van der Waals surface area contributed by atoms with Crippen molar-refractivity contribution in [2.75, 3.05) is 19.0 Å². The Hall–Kier alpha value is -2.91. The first kappa shape index (κ1) is 23.8. The first-order valence-corrected chi connectivity index (χ1v) is 13.8. The number of aryl methyl sites for hydroxylation is 2. The average Bonchev–Trinajstić information content (AvgIpc) is 3.03. The number of benzene rings is 2. The van der Waals surface area contributed by atoms with Crippen molar-refractivity contribution in [3.05, 3.63) is 47.8 Å². The Labute approximate surface area is 206 Å². The zero-order chi connectivity index (χ0) is 24.6. The van der Waals surface area contributed by atoms with Crippen molar-refractivity contribution < 1.29 is 17.9 Å². The van der Waals surface area contributed by atoms with Crippen LogP contribution in [0.5, 0.6) is 5.75 Å². The summed E-state index contributed by atoms with van der Waals surface area (Å²) in [6, 6.07) is 10.2. The smallest absolute Gasteiger partial charge is 0.255 e. The van der Waals surface area contributed by atoms with Crippen LogP contribution in [-0.2, 0) is 23.0 Å². The van der Waals surface area contributed by atoms with Crippen molar-refractivity contribution in [2.24, 2.45) is 0 Å². The first-order valence-electron chi connectivity index (χ1n) is 12.4. The molecule has 1 fully saturated rings. The fraction of sp³-hybridized carbons (Fsp3) is 0.462. The van der Waals surface area contributed by atoms with E-state index >= 15 is 0 Å². The van der Waals surface area contributed by atoms with Crippen LogP contribution in [0.3, 0.4) is 0 Å². The molecule has 0 radical (unpaired) electrons. The molecule has 1 unspecified atom stereocenters. The van der Waals surface area contributed by atoms with Gasteiger partial charge in [-0.05, 0) is 69.0 Å². The van der Waals surface area contributed by atoms with Gasteiger partial charge in [-0.25, -0.2) is 13.4 Å². The Kier molecular flexibility index (Phi) is 6.55. The molecule has 1 atom stereocenters. The largest absolute Gasteiger partial charge is 0.495 e.